The lowest BCUT2D eigenvalue weighted by molar-refractivity contribution is 0.196. The summed E-state index contributed by atoms with van der Waals surface area (Å²) in [6, 6.07) is 3.63. The average Bonchev–Trinajstić information content (AvgIpc) is 2.92. The van der Waals surface area contributed by atoms with E-state index < -0.39 is 0 Å². The predicted molar refractivity (Wildman–Crippen MR) is 78.6 cm³/mol. The Labute approximate surface area is 123 Å². The Kier molecular flexibility index (Phi) is 5.28. The van der Waals surface area contributed by atoms with Crippen LogP contribution in [0.5, 0.6) is 0 Å². The van der Waals surface area contributed by atoms with E-state index in [1.807, 2.05) is 25.4 Å². The Morgan fingerprint density at radius 3 is 2.81 bits per heavy atom. The number of hydrogen-bond donors (Lipinski definition) is 2. The van der Waals surface area contributed by atoms with Crippen LogP contribution >= 0.6 is 0 Å². The van der Waals surface area contributed by atoms with Gasteiger partial charge in [-0.25, -0.2) is 4.79 Å². The fourth-order valence-corrected chi connectivity index (χ4v) is 1.76. The Morgan fingerprint density at radius 1 is 1.33 bits per heavy atom. The third-order valence-corrected chi connectivity index (χ3v) is 2.87. The molecule has 2 aromatic heterocycles. The molecule has 0 atom stereocenters. The van der Waals surface area contributed by atoms with Gasteiger partial charge in [0.15, 0.2) is 0 Å². The monoisotopic (exact) mass is 289 g/mol. The zero-order valence-corrected chi connectivity index (χ0v) is 12.2. The van der Waals surface area contributed by atoms with Gasteiger partial charge in [0.05, 0.1) is 18.5 Å². The van der Waals surface area contributed by atoms with Crippen molar-refractivity contribution in [3.8, 4) is 11.3 Å². The van der Waals surface area contributed by atoms with E-state index in [0.717, 1.165) is 16.8 Å². The molecule has 0 aliphatic carbocycles. The van der Waals surface area contributed by atoms with E-state index in [1.54, 1.807) is 24.2 Å². The molecule has 0 aliphatic rings. The van der Waals surface area contributed by atoms with Gasteiger partial charge in [0.2, 0.25) is 0 Å². The van der Waals surface area contributed by atoms with Gasteiger partial charge in [-0.15, -0.1) is 0 Å². The molecule has 21 heavy (non-hydrogen) atoms. The molecular weight excluding hydrogens is 270 g/mol. The Bertz CT molecular complexity index is 579. The smallest absolute Gasteiger partial charge is 0.315 e. The standard InChI is InChI=1S/C14H19N5O2/c1-19-10-12(9-18-19)13-4-3-11(7-16-13)8-17-14(20)15-5-6-21-2/h3-4,7,9-10H,5-6,8H2,1-2H3,(H2,15,17,20). The van der Waals surface area contributed by atoms with Gasteiger partial charge in [0, 0.05) is 45.2 Å². The van der Waals surface area contributed by atoms with E-state index in [1.165, 1.54) is 0 Å². The molecule has 0 saturated heterocycles. The highest BCUT2D eigenvalue weighted by Gasteiger charge is 2.03. The molecule has 2 N–H and O–H groups in total. The van der Waals surface area contributed by atoms with Crippen molar-refractivity contribution in [2.75, 3.05) is 20.3 Å². The number of nitrogens with one attached hydrogen (secondary N) is 2. The summed E-state index contributed by atoms with van der Waals surface area (Å²) in [6.45, 7) is 1.41. The van der Waals surface area contributed by atoms with Gasteiger partial charge in [-0.3, -0.25) is 9.67 Å². The number of methoxy groups -OCH3 is 1. The molecule has 2 amide bonds. The van der Waals surface area contributed by atoms with Crippen molar-refractivity contribution in [2.24, 2.45) is 7.05 Å². The number of ether oxygens (including phenoxy) is 1. The van der Waals surface area contributed by atoms with Gasteiger partial charge in [-0.2, -0.15) is 5.10 Å². The molecule has 112 valence electrons. The van der Waals surface area contributed by atoms with Crippen molar-refractivity contribution in [1.82, 2.24) is 25.4 Å². The van der Waals surface area contributed by atoms with Crippen molar-refractivity contribution in [3.63, 3.8) is 0 Å². The van der Waals surface area contributed by atoms with Crippen LogP contribution in [0.4, 0.5) is 4.79 Å². The van der Waals surface area contributed by atoms with Crippen LogP contribution in [0.3, 0.4) is 0 Å². The number of aryl methyl sites for hydroxylation is 1. The van der Waals surface area contributed by atoms with Crippen LogP contribution in [0.2, 0.25) is 0 Å². The van der Waals surface area contributed by atoms with Gasteiger partial charge < -0.3 is 15.4 Å². The van der Waals surface area contributed by atoms with Crippen molar-refractivity contribution >= 4 is 6.03 Å². The van der Waals surface area contributed by atoms with Gasteiger partial charge in [0.1, 0.15) is 0 Å². The van der Waals surface area contributed by atoms with Gasteiger partial charge >= 0.3 is 6.03 Å². The quantitative estimate of drug-likeness (QED) is 0.775. The van der Waals surface area contributed by atoms with Crippen molar-refractivity contribution < 1.29 is 9.53 Å². The first kappa shape index (κ1) is 15.0. The topological polar surface area (TPSA) is 81.1 Å². The third-order valence-electron chi connectivity index (χ3n) is 2.87. The molecule has 0 fully saturated rings. The number of pyridine rings is 1. The van der Waals surface area contributed by atoms with Crippen LogP contribution in [-0.2, 0) is 18.3 Å². The molecule has 0 radical (unpaired) electrons. The Balaban J connectivity index is 1.84. The molecule has 2 rings (SSSR count). The Morgan fingerprint density at radius 2 is 2.19 bits per heavy atom. The van der Waals surface area contributed by atoms with Crippen LogP contribution < -0.4 is 10.6 Å². The first-order valence-corrected chi connectivity index (χ1v) is 6.63. The maximum Gasteiger partial charge on any atom is 0.315 e. The number of carbonyl (C=O) groups is 1. The van der Waals surface area contributed by atoms with Gasteiger partial charge in [0.25, 0.3) is 0 Å². The molecule has 0 unspecified atom stereocenters. The summed E-state index contributed by atoms with van der Waals surface area (Å²) in [4.78, 5) is 15.8. The summed E-state index contributed by atoms with van der Waals surface area (Å²) >= 11 is 0. The Hall–Kier alpha value is -2.41. The molecule has 2 aromatic rings. The molecule has 0 bridgehead atoms. The number of nitrogens with zero attached hydrogens (tertiary/aromatic N) is 3. The fourth-order valence-electron chi connectivity index (χ4n) is 1.76. The normalized spacial score (nSPS) is 10.4. The summed E-state index contributed by atoms with van der Waals surface area (Å²) in [6.07, 6.45) is 5.42. The van der Waals surface area contributed by atoms with E-state index >= 15 is 0 Å². The number of urea groups is 1. The fraction of sp³-hybridized carbons (Fsp3) is 0.357. The second kappa shape index (κ2) is 7.39. The van der Waals surface area contributed by atoms with Crippen molar-refractivity contribution in [3.05, 3.63) is 36.3 Å². The summed E-state index contributed by atoms with van der Waals surface area (Å²) in [7, 11) is 3.46. The number of carbonyl (C=O) groups excluding carboxylic acids is 1. The maximum atomic E-state index is 11.5. The highest BCUT2D eigenvalue weighted by Crippen LogP contribution is 2.15. The molecular formula is C14H19N5O2. The van der Waals surface area contributed by atoms with Crippen LogP contribution in [0.25, 0.3) is 11.3 Å². The van der Waals surface area contributed by atoms with Crippen LogP contribution in [0.15, 0.2) is 30.7 Å². The zero-order chi connectivity index (χ0) is 15.1. The lowest BCUT2D eigenvalue weighted by atomic mass is 10.2. The predicted octanol–water partition coefficient (Wildman–Crippen LogP) is 0.928. The highest BCUT2D eigenvalue weighted by molar-refractivity contribution is 5.73. The van der Waals surface area contributed by atoms with Gasteiger partial charge in [-0.05, 0) is 11.6 Å². The van der Waals surface area contributed by atoms with Crippen molar-refractivity contribution in [1.29, 1.82) is 0 Å². The molecule has 7 heteroatoms. The van der Waals surface area contributed by atoms with E-state index in [0.29, 0.717) is 19.7 Å². The number of rotatable bonds is 6. The number of hydrogen-bond acceptors (Lipinski definition) is 4. The number of aromatic nitrogens is 3. The summed E-state index contributed by atoms with van der Waals surface area (Å²) < 4.78 is 6.59. The minimum Gasteiger partial charge on any atom is -0.383 e. The zero-order valence-electron chi connectivity index (χ0n) is 12.2. The first-order chi connectivity index (χ1) is 10.2. The SMILES string of the molecule is COCCNC(=O)NCc1ccc(-c2cnn(C)c2)nc1. The van der Waals surface area contributed by atoms with Crippen LogP contribution in [0, 0.1) is 0 Å². The van der Waals surface area contributed by atoms with Gasteiger partial charge in [-0.1, -0.05) is 6.07 Å². The second-order valence-electron chi connectivity index (χ2n) is 4.56. The average molecular weight is 289 g/mol. The first-order valence-electron chi connectivity index (χ1n) is 6.63. The molecule has 7 nitrogen and oxygen atoms in total. The van der Waals surface area contributed by atoms with E-state index in [9.17, 15) is 4.79 Å². The van der Waals surface area contributed by atoms with E-state index in [2.05, 4.69) is 20.7 Å². The van der Waals surface area contributed by atoms with Crippen LogP contribution in [-0.4, -0.2) is 41.1 Å². The molecule has 0 spiro atoms. The lowest BCUT2D eigenvalue weighted by Gasteiger charge is -2.07. The van der Waals surface area contributed by atoms with E-state index in [-0.39, 0.29) is 6.03 Å². The minimum absolute atomic E-state index is 0.219. The summed E-state index contributed by atoms with van der Waals surface area (Å²) in [5, 5.41) is 9.56. The molecule has 0 aliphatic heterocycles. The second-order valence-corrected chi connectivity index (χ2v) is 4.56. The highest BCUT2D eigenvalue weighted by atomic mass is 16.5. The lowest BCUT2D eigenvalue weighted by Crippen LogP contribution is -2.36. The summed E-state index contributed by atoms with van der Waals surface area (Å²) in [5.41, 5.74) is 2.76. The van der Waals surface area contributed by atoms with Crippen LogP contribution in [0.1, 0.15) is 5.56 Å². The molecule has 0 aromatic carbocycles. The maximum absolute atomic E-state index is 11.5. The van der Waals surface area contributed by atoms with E-state index in [4.69, 9.17) is 4.74 Å². The largest absolute Gasteiger partial charge is 0.383 e. The number of amides is 2. The summed E-state index contributed by atoms with van der Waals surface area (Å²) in [5.74, 6) is 0. The van der Waals surface area contributed by atoms with Crippen molar-refractivity contribution in [2.45, 2.75) is 6.54 Å². The minimum atomic E-state index is -0.219. The molecule has 0 saturated carbocycles. The third kappa shape index (κ3) is 4.57. The molecule has 2 heterocycles.